The van der Waals surface area contributed by atoms with Crippen LogP contribution in [0.25, 0.3) is 94.9 Å². The average molecular weight is 819 g/mol. The number of hydrogen-bond donors (Lipinski definition) is 0. The van der Waals surface area contributed by atoms with Gasteiger partial charge in [-0.05, 0) is 151 Å². The Kier molecular flexibility index (Phi) is 7.24. The minimum atomic E-state index is 1.22. The third-order valence-corrected chi connectivity index (χ3v) is 15.7. The van der Waals surface area contributed by atoms with E-state index in [4.69, 9.17) is 0 Å². The lowest BCUT2D eigenvalue weighted by atomic mass is 9.90. The Morgan fingerprint density at radius 2 is 0.629 bits per heavy atom. The van der Waals surface area contributed by atoms with E-state index in [1.807, 2.05) is 22.7 Å². The Hall–Kier alpha value is -7.36. The second kappa shape index (κ2) is 13.1. The van der Waals surface area contributed by atoms with Gasteiger partial charge in [0.2, 0.25) is 0 Å². The Bertz CT molecular complexity index is 4520. The number of thiophene rings is 2. The van der Waals surface area contributed by atoms with Crippen LogP contribution in [-0.4, -0.2) is 0 Å². The van der Waals surface area contributed by atoms with Gasteiger partial charge >= 0.3 is 0 Å². The van der Waals surface area contributed by atoms with Crippen LogP contribution in [0.5, 0.6) is 0 Å². The highest BCUT2D eigenvalue weighted by molar-refractivity contribution is 7.26. The first-order valence-electron chi connectivity index (χ1n) is 21.3. The van der Waals surface area contributed by atoms with Gasteiger partial charge in [0, 0.05) is 40.3 Å². The molecule has 0 aliphatic heterocycles. The van der Waals surface area contributed by atoms with Crippen LogP contribution in [0.15, 0.2) is 206 Å². The Morgan fingerprint density at radius 1 is 0.210 bits per heavy atom. The van der Waals surface area contributed by atoms with Gasteiger partial charge < -0.3 is 0 Å². The zero-order valence-corrected chi connectivity index (χ0v) is 35.1. The summed E-state index contributed by atoms with van der Waals surface area (Å²) in [6.45, 7) is 0. The van der Waals surface area contributed by atoms with Crippen molar-refractivity contribution in [1.29, 1.82) is 0 Å². The van der Waals surface area contributed by atoms with E-state index in [9.17, 15) is 0 Å². The predicted octanol–water partition coefficient (Wildman–Crippen LogP) is 16.7. The Morgan fingerprint density at radius 3 is 1.27 bits per heavy atom. The normalized spacial score (nSPS) is 12.2. The third kappa shape index (κ3) is 4.94. The third-order valence-electron chi connectivity index (χ3n) is 13.4. The number of fused-ring (bicyclic) bond motifs is 16. The summed E-state index contributed by atoms with van der Waals surface area (Å²) in [6.07, 6.45) is 0. The molecular formula is C60H34S2. The molecule has 0 saturated heterocycles. The molecule has 0 N–H and O–H groups in total. The molecule has 0 radical (unpaired) electrons. The maximum atomic E-state index is 2.51. The summed E-state index contributed by atoms with van der Waals surface area (Å²) in [6, 6.07) is 78.0. The summed E-state index contributed by atoms with van der Waals surface area (Å²) < 4.78 is 5.30. The van der Waals surface area contributed by atoms with E-state index < -0.39 is 0 Å². The average Bonchev–Trinajstić information content (AvgIpc) is 3.91. The van der Waals surface area contributed by atoms with Crippen molar-refractivity contribution in [2.45, 2.75) is 0 Å². The summed E-state index contributed by atoms with van der Waals surface area (Å²) in [5.41, 5.74) is 4.93. The maximum absolute atomic E-state index is 2.51. The fraction of sp³-hybridized carbons (Fsp3) is 0. The van der Waals surface area contributed by atoms with Crippen molar-refractivity contribution < 1.29 is 0 Å². The maximum Gasteiger partial charge on any atom is 0.0355 e. The molecule has 1 aliphatic rings. The van der Waals surface area contributed by atoms with Crippen LogP contribution in [0.2, 0.25) is 0 Å². The fourth-order valence-electron chi connectivity index (χ4n) is 10.6. The molecule has 0 saturated carbocycles. The molecule has 0 nitrogen and oxygen atoms in total. The van der Waals surface area contributed by atoms with Crippen molar-refractivity contribution in [3.05, 3.63) is 248 Å². The van der Waals surface area contributed by atoms with Crippen LogP contribution in [0, 0.1) is 41.7 Å². The Labute approximate surface area is 363 Å². The first-order valence-corrected chi connectivity index (χ1v) is 22.9. The molecular weight excluding hydrogens is 785 g/mol. The van der Waals surface area contributed by atoms with Crippen LogP contribution >= 0.6 is 22.7 Å². The molecule has 0 spiro atoms. The van der Waals surface area contributed by atoms with Crippen LogP contribution in [0.4, 0.5) is 0 Å². The molecule has 1 aliphatic carbocycles. The summed E-state index contributed by atoms with van der Waals surface area (Å²) in [4.78, 5) is 0. The molecule has 2 heterocycles. The zero-order chi connectivity index (χ0) is 40.5. The summed E-state index contributed by atoms with van der Waals surface area (Å²) in [5, 5.41) is 23.0. The largest absolute Gasteiger partial charge is 0.135 e. The smallest absolute Gasteiger partial charge is 0.0355 e. The number of benzene rings is 11. The van der Waals surface area contributed by atoms with Gasteiger partial charge in [-0.1, -0.05) is 152 Å². The molecule has 14 rings (SSSR count). The van der Waals surface area contributed by atoms with Crippen LogP contribution < -0.4 is 0 Å². The van der Waals surface area contributed by atoms with E-state index in [0.29, 0.717) is 0 Å². The van der Waals surface area contributed by atoms with Gasteiger partial charge in [0.25, 0.3) is 0 Å². The minimum Gasteiger partial charge on any atom is -0.135 e. The van der Waals surface area contributed by atoms with Crippen molar-refractivity contribution in [2.24, 2.45) is 0 Å². The minimum absolute atomic E-state index is 1.22. The van der Waals surface area contributed by atoms with Crippen molar-refractivity contribution in [3.8, 4) is 22.3 Å². The molecule has 0 amide bonds. The highest BCUT2D eigenvalue weighted by atomic mass is 32.1. The second-order valence-electron chi connectivity index (χ2n) is 16.7. The lowest BCUT2D eigenvalue weighted by Crippen LogP contribution is -1.94. The monoisotopic (exact) mass is 818 g/mol. The summed E-state index contributed by atoms with van der Waals surface area (Å²) >= 11 is 3.75. The highest BCUT2D eigenvalue weighted by Crippen LogP contribution is 2.40. The SMILES string of the molecule is c1ccc2c(c1)=c1cc(-c3ccc4sc5ccccc5c4c3)ccc1=c1cc3c4ccccc4c4ccccc4c3cc1=c1cccc(-c3ccc4sc5ccccc5c4c3)c1=2. The van der Waals surface area contributed by atoms with Crippen LogP contribution in [0.1, 0.15) is 0 Å². The zero-order valence-electron chi connectivity index (χ0n) is 33.4. The predicted molar refractivity (Wildman–Crippen MR) is 266 cm³/mol. The molecule has 2 aromatic heterocycles. The van der Waals surface area contributed by atoms with E-state index in [1.54, 1.807) is 0 Å². The fourth-order valence-corrected chi connectivity index (χ4v) is 12.8. The molecule has 11 aromatic carbocycles. The first kappa shape index (κ1) is 34.4. The summed E-state index contributed by atoms with van der Waals surface area (Å²) in [7, 11) is 0. The number of hydrogen-bond acceptors (Lipinski definition) is 2. The highest BCUT2D eigenvalue weighted by Gasteiger charge is 2.14. The molecule has 13 aromatic rings. The van der Waals surface area contributed by atoms with Gasteiger partial charge in [0.05, 0.1) is 0 Å². The molecule has 0 unspecified atom stereocenters. The van der Waals surface area contributed by atoms with Gasteiger partial charge in [-0.25, -0.2) is 0 Å². The topological polar surface area (TPSA) is 0 Å². The lowest BCUT2D eigenvalue weighted by Gasteiger charge is -2.13. The second-order valence-corrected chi connectivity index (χ2v) is 18.9. The van der Waals surface area contributed by atoms with Gasteiger partial charge in [-0.3, -0.25) is 0 Å². The molecule has 0 bridgehead atoms. The van der Waals surface area contributed by atoms with Crippen molar-refractivity contribution in [3.63, 3.8) is 0 Å². The molecule has 0 atom stereocenters. The number of rotatable bonds is 2. The van der Waals surface area contributed by atoms with Crippen LogP contribution in [-0.2, 0) is 0 Å². The van der Waals surface area contributed by atoms with Crippen molar-refractivity contribution in [2.75, 3.05) is 0 Å². The quantitative estimate of drug-likeness (QED) is 0.152. The standard InChI is InChI=1S/C60H34S2/c1-3-14-41-39(12-1)40-13-2-4-15-42(40)51-34-53-48-21-11-20-38(37-26-29-59-55(32-37)46-18-8-10-23-57(46)62-59)60(48)47-19-6-5-16-43(47)49-30-35(24-27-44(49)52(53)33-50(41)51)36-25-28-58-54(31-36)45-17-7-9-22-56(45)61-58/h1-34H. The van der Waals surface area contributed by atoms with E-state index in [2.05, 4.69) is 206 Å². The van der Waals surface area contributed by atoms with Gasteiger partial charge in [0.1, 0.15) is 0 Å². The van der Waals surface area contributed by atoms with Gasteiger partial charge in [-0.2, -0.15) is 0 Å². The molecule has 0 fully saturated rings. The van der Waals surface area contributed by atoms with E-state index in [1.165, 1.54) is 137 Å². The lowest BCUT2D eigenvalue weighted by molar-refractivity contribution is 1.29. The Balaban J connectivity index is 1.21. The van der Waals surface area contributed by atoms with Gasteiger partial charge in [0.15, 0.2) is 0 Å². The molecule has 286 valence electrons. The van der Waals surface area contributed by atoms with Crippen LogP contribution in [0.3, 0.4) is 0 Å². The van der Waals surface area contributed by atoms with Gasteiger partial charge in [-0.15, -0.1) is 22.7 Å². The van der Waals surface area contributed by atoms with E-state index >= 15 is 0 Å². The summed E-state index contributed by atoms with van der Waals surface area (Å²) in [5.74, 6) is 0. The van der Waals surface area contributed by atoms with E-state index in [-0.39, 0.29) is 0 Å². The van der Waals surface area contributed by atoms with E-state index in [0.717, 1.165) is 0 Å². The first-order chi connectivity index (χ1) is 30.7. The molecule has 2 heteroatoms. The molecule has 62 heavy (non-hydrogen) atoms. The van der Waals surface area contributed by atoms with Crippen molar-refractivity contribution >= 4 is 95.3 Å². The van der Waals surface area contributed by atoms with Crippen molar-refractivity contribution in [1.82, 2.24) is 0 Å².